The third-order valence-corrected chi connectivity index (χ3v) is 2.14. The number of thiazole rings is 1. The van der Waals surface area contributed by atoms with Crippen LogP contribution in [0, 0.1) is 6.92 Å². The van der Waals surface area contributed by atoms with E-state index in [9.17, 15) is 8.78 Å². The van der Waals surface area contributed by atoms with E-state index in [2.05, 4.69) is 4.98 Å². The number of alkyl halides is 2. The van der Waals surface area contributed by atoms with Gasteiger partial charge in [-0.25, -0.2) is 13.8 Å². The summed E-state index contributed by atoms with van der Waals surface area (Å²) in [6.07, 6.45) is 1.22. The lowest BCUT2D eigenvalue weighted by Crippen LogP contribution is -2.03. The van der Waals surface area contributed by atoms with E-state index in [4.69, 9.17) is 0 Å². The number of rotatable bonds is 1. The molecule has 4 heteroatoms. The molecule has 0 N–H and O–H groups in total. The van der Waals surface area contributed by atoms with Crippen LogP contribution in [0.25, 0.3) is 0 Å². The first-order valence-electron chi connectivity index (χ1n) is 2.81. The second kappa shape index (κ2) is 2.27. The van der Waals surface area contributed by atoms with Gasteiger partial charge in [-0.1, -0.05) is 0 Å². The first-order chi connectivity index (χ1) is 4.50. The molecule has 0 aliphatic heterocycles. The molecule has 10 heavy (non-hydrogen) atoms. The number of halogens is 2. The molecule has 0 radical (unpaired) electrons. The van der Waals surface area contributed by atoms with E-state index in [1.165, 1.54) is 6.20 Å². The van der Waals surface area contributed by atoms with Crippen LogP contribution in [0.5, 0.6) is 0 Å². The zero-order valence-corrected chi connectivity index (χ0v) is 6.51. The van der Waals surface area contributed by atoms with E-state index in [0.717, 1.165) is 18.3 Å². The van der Waals surface area contributed by atoms with Gasteiger partial charge in [-0.05, 0) is 6.92 Å². The first-order valence-corrected chi connectivity index (χ1v) is 3.62. The summed E-state index contributed by atoms with van der Waals surface area (Å²) in [5.74, 6) is -2.73. The van der Waals surface area contributed by atoms with E-state index in [0.29, 0.717) is 5.01 Å². The standard InChI is InChI=1S/C6H7F2NS/c1-4-9-3-5(10-4)6(2,7)8/h3H,1-2H3. The Morgan fingerprint density at radius 1 is 1.60 bits per heavy atom. The van der Waals surface area contributed by atoms with Gasteiger partial charge < -0.3 is 0 Å². The fraction of sp³-hybridized carbons (Fsp3) is 0.500. The van der Waals surface area contributed by atoms with Crippen molar-refractivity contribution in [3.63, 3.8) is 0 Å². The van der Waals surface area contributed by atoms with Gasteiger partial charge in [0.25, 0.3) is 5.92 Å². The Morgan fingerprint density at radius 3 is 2.40 bits per heavy atom. The van der Waals surface area contributed by atoms with Crippen LogP contribution in [0.3, 0.4) is 0 Å². The smallest absolute Gasteiger partial charge is 0.249 e. The molecule has 0 atom stereocenters. The van der Waals surface area contributed by atoms with E-state index < -0.39 is 5.92 Å². The number of aryl methyl sites for hydroxylation is 1. The average molecular weight is 163 g/mol. The van der Waals surface area contributed by atoms with Crippen LogP contribution in [0.1, 0.15) is 16.8 Å². The lowest BCUT2D eigenvalue weighted by molar-refractivity contribution is 0.0213. The molecule has 0 saturated heterocycles. The van der Waals surface area contributed by atoms with Gasteiger partial charge in [0.05, 0.1) is 9.88 Å². The van der Waals surface area contributed by atoms with Crippen molar-refractivity contribution in [1.82, 2.24) is 4.98 Å². The normalized spacial score (nSPS) is 12.0. The van der Waals surface area contributed by atoms with Gasteiger partial charge in [-0.15, -0.1) is 11.3 Å². The summed E-state index contributed by atoms with van der Waals surface area (Å²) in [5.41, 5.74) is 0. The summed E-state index contributed by atoms with van der Waals surface area (Å²) < 4.78 is 24.9. The van der Waals surface area contributed by atoms with Crippen molar-refractivity contribution in [2.24, 2.45) is 0 Å². The summed E-state index contributed by atoms with van der Waals surface area (Å²) in [5, 5.41) is 0.677. The summed E-state index contributed by atoms with van der Waals surface area (Å²) in [6, 6.07) is 0. The van der Waals surface area contributed by atoms with Crippen molar-refractivity contribution in [2.45, 2.75) is 19.8 Å². The third-order valence-electron chi connectivity index (χ3n) is 1.05. The number of nitrogens with zero attached hydrogens (tertiary/aromatic N) is 1. The molecule has 1 rings (SSSR count). The van der Waals surface area contributed by atoms with E-state index in [1.54, 1.807) is 6.92 Å². The van der Waals surface area contributed by atoms with Crippen LogP contribution in [-0.2, 0) is 5.92 Å². The van der Waals surface area contributed by atoms with E-state index >= 15 is 0 Å². The van der Waals surface area contributed by atoms with Gasteiger partial charge in [0.1, 0.15) is 0 Å². The molecule has 0 fully saturated rings. The highest BCUT2D eigenvalue weighted by molar-refractivity contribution is 7.11. The topological polar surface area (TPSA) is 12.9 Å². The summed E-state index contributed by atoms with van der Waals surface area (Å²) in [6.45, 7) is 2.58. The highest BCUT2D eigenvalue weighted by atomic mass is 32.1. The Hall–Kier alpha value is -0.510. The van der Waals surface area contributed by atoms with Crippen molar-refractivity contribution in [2.75, 3.05) is 0 Å². The van der Waals surface area contributed by atoms with Crippen LogP contribution in [0.2, 0.25) is 0 Å². The third kappa shape index (κ3) is 1.50. The summed E-state index contributed by atoms with van der Waals surface area (Å²) >= 11 is 1.03. The number of aromatic nitrogens is 1. The van der Waals surface area contributed by atoms with E-state index in [-0.39, 0.29) is 4.88 Å². The molecule has 0 saturated carbocycles. The number of hydrogen-bond donors (Lipinski definition) is 0. The molecular weight excluding hydrogens is 156 g/mol. The van der Waals surface area contributed by atoms with Crippen LogP contribution in [-0.4, -0.2) is 4.98 Å². The molecule has 56 valence electrons. The second-order valence-corrected chi connectivity index (χ2v) is 3.37. The van der Waals surface area contributed by atoms with Crippen molar-refractivity contribution in [3.8, 4) is 0 Å². The molecule has 1 heterocycles. The van der Waals surface area contributed by atoms with Gasteiger partial charge in [0.2, 0.25) is 0 Å². The molecule has 0 spiro atoms. The summed E-state index contributed by atoms with van der Waals surface area (Å²) in [7, 11) is 0. The predicted octanol–water partition coefficient (Wildman–Crippen LogP) is 2.56. The van der Waals surface area contributed by atoms with Crippen LogP contribution < -0.4 is 0 Å². The minimum Gasteiger partial charge on any atom is -0.249 e. The second-order valence-electron chi connectivity index (χ2n) is 2.13. The lowest BCUT2D eigenvalue weighted by atomic mass is 10.3. The number of hydrogen-bond acceptors (Lipinski definition) is 2. The SMILES string of the molecule is Cc1ncc(C(C)(F)F)s1. The Morgan fingerprint density at radius 2 is 2.20 bits per heavy atom. The highest BCUT2D eigenvalue weighted by Crippen LogP contribution is 2.30. The molecule has 0 aromatic carbocycles. The Balaban J connectivity index is 2.96. The predicted molar refractivity (Wildman–Crippen MR) is 36.4 cm³/mol. The Kier molecular flexibility index (Phi) is 1.72. The van der Waals surface area contributed by atoms with E-state index in [1.807, 2.05) is 0 Å². The van der Waals surface area contributed by atoms with Crippen LogP contribution in [0.4, 0.5) is 8.78 Å². The fourth-order valence-electron chi connectivity index (χ4n) is 0.564. The first kappa shape index (κ1) is 7.60. The zero-order valence-electron chi connectivity index (χ0n) is 5.69. The minimum absolute atomic E-state index is 0.0324. The molecule has 1 aromatic heterocycles. The van der Waals surface area contributed by atoms with Gasteiger partial charge in [-0.2, -0.15) is 0 Å². The van der Waals surface area contributed by atoms with Crippen LogP contribution >= 0.6 is 11.3 Å². The maximum atomic E-state index is 12.4. The van der Waals surface area contributed by atoms with Gasteiger partial charge >= 0.3 is 0 Å². The van der Waals surface area contributed by atoms with Crippen molar-refractivity contribution >= 4 is 11.3 Å². The van der Waals surface area contributed by atoms with Crippen molar-refractivity contribution in [3.05, 3.63) is 16.1 Å². The highest BCUT2D eigenvalue weighted by Gasteiger charge is 2.26. The average Bonchev–Trinajstić information content (AvgIpc) is 2.11. The van der Waals surface area contributed by atoms with Gasteiger partial charge in [0.15, 0.2) is 0 Å². The Bertz CT molecular complexity index is 226. The minimum atomic E-state index is -2.73. The Labute approximate surface area is 61.7 Å². The van der Waals surface area contributed by atoms with Crippen molar-refractivity contribution in [1.29, 1.82) is 0 Å². The molecule has 1 aromatic rings. The molecule has 1 nitrogen and oxygen atoms in total. The molecule has 0 aliphatic carbocycles. The van der Waals surface area contributed by atoms with Gasteiger partial charge in [-0.3, -0.25) is 0 Å². The molecule has 0 amide bonds. The fourth-order valence-corrected chi connectivity index (χ4v) is 1.27. The lowest BCUT2D eigenvalue weighted by Gasteiger charge is -2.03. The summed E-state index contributed by atoms with van der Waals surface area (Å²) in [4.78, 5) is 3.75. The van der Waals surface area contributed by atoms with Crippen LogP contribution in [0.15, 0.2) is 6.20 Å². The monoisotopic (exact) mass is 163 g/mol. The zero-order chi connectivity index (χ0) is 7.78. The molecule has 0 unspecified atom stereocenters. The van der Waals surface area contributed by atoms with Gasteiger partial charge in [0, 0.05) is 13.1 Å². The maximum absolute atomic E-state index is 12.4. The molecular formula is C6H7F2NS. The van der Waals surface area contributed by atoms with Crippen molar-refractivity contribution < 1.29 is 8.78 Å². The maximum Gasteiger partial charge on any atom is 0.281 e. The quantitative estimate of drug-likeness (QED) is 0.620. The largest absolute Gasteiger partial charge is 0.281 e. The molecule has 0 bridgehead atoms. The molecule has 0 aliphatic rings.